The smallest absolute Gasteiger partial charge is 0.163 e. The molecule has 1 aromatic carbocycles. The molecule has 2 nitrogen and oxygen atoms in total. The first-order chi connectivity index (χ1) is 6.27. The van der Waals surface area contributed by atoms with E-state index < -0.39 is 5.97 Å². The molecule has 1 rings (SSSR count). The summed E-state index contributed by atoms with van der Waals surface area (Å²) in [5, 5.41) is 7.99. The molecule has 0 aromatic heterocycles. The van der Waals surface area contributed by atoms with E-state index in [-0.39, 0.29) is 32.7 Å². The molecule has 0 unspecified atom stereocenters. The molecule has 14 heavy (non-hydrogen) atoms. The molecule has 0 aliphatic carbocycles. The van der Waals surface area contributed by atoms with Gasteiger partial charge in [-0.15, -0.1) is 0 Å². The second-order valence-electron chi connectivity index (χ2n) is 2.41. The van der Waals surface area contributed by atoms with Gasteiger partial charge in [-0.05, 0) is 0 Å². The maximum Gasteiger partial charge on any atom is 0.163 e. The van der Waals surface area contributed by atoms with Gasteiger partial charge in [0.2, 0.25) is 0 Å². The van der Waals surface area contributed by atoms with Gasteiger partial charge in [0.1, 0.15) is 0 Å². The fourth-order valence-electron chi connectivity index (χ4n) is 0.610. The van der Waals surface area contributed by atoms with E-state index >= 15 is 0 Å². The Morgan fingerprint density at radius 1 is 1.36 bits per heavy atom. The number of aliphatic carboxylic acids is 1. The van der Waals surface area contributed by atoms with E-state index in [1.807, 2.05) is 37.3 Å². The molecule has 0 fully saturated rings. The van der Waals surface area contributed by atoms with Crippen molar-refractivity contribution in [1.82, 2.24) is 0 Å². The number of carbonyl (C=O) groups is 1. The molecule has 0 atom stereocenters. The van der Waals surface area contributed by atoms with Gasteiger partial charge >= 0.3 is 0 Å². The number of benzene rings is 1. The molecule has 75 valence electrons. The standard InChI is InChI=1S/C6H5.C5H9O2.Y/c1-2-4-6-5-3-1;1-2-3-4-5(6)7;/h1-5H;4H,2-3H2,1H3,(H,6,7);/q2*-1;. The average molecular weight is 267 g/mol. The molecule has 0 bridgehead atoms. The Morgan fingerprint density at radius 3 is 2.07 bits per heavy atom. The number of hydrogen-bond donors (Lipinski definition) is 1. The van der Waals surface area contributed by atoms with Gasteiger partial charge in [-0.25, -0.2) is 0 Å². The Bertz CT molecular complexity index is 185. The van der Waals surface area contributed by atoms with E-state index in [1.165, 1.54) is 6.42 Å². The van der Waals surface area contributed by atoms with Crippen LogP contribution in [0.25, 0.3) is 0 Å². The van der Waals surface area contributed by atoms with E-state index in [0.717, 1.165) is 6.42 Å². The maximum absolute atomic E-state index is 9.70. The minimum atomic E-state index is -0.818. The van der Waals surface area contributed by atoms with Crippen LogP contribution in [0.15, 0.2) is 30.3 Å². The van der Waals surface area contributed by atoms with E-state index in [2.05, 4.69) is 6.07 Å². The first kappa shape index (κ1) is 16.1. The van der Waals surface area contributed by atoms with Gasteiger partial charge in [0.15, 0.2) is 5.97 Å². The van der Waals surface area contributed by atoms with Crippen LogP contribution in [-0.2, 0) is 37.5 Å². The minimum absolute atomic E-state index is 0. The monoisotopic (exact) mass is 267 g/mol. The Morgan fingerprint density at radius 2 is 1.93 bits per heavy atom. The summed E-state index contributed by atoms with van der Waals surface area (Å²) in [6.45, 7) is 1.94. The predicted molar refractivity (Wildman–Crippen MR) is 52.1 cm³/mol. The van der Waals surface area contributed by atoms with Crippen LogP contribution in [0.2, 0.25) is 0 Å². The molecule has 0 aliphatic heterocycles. The van der Waals surface area contributed by atoms with Crippen LogP contribution in [-0.4, -0.2) is 11.1 Å². The summed E-state index contributed by atoms with van der Waals surface area (Å²) in [6, 6.07) is 12.5. The van der Waals surface area contributed by atoms with Gasteiger partial charge < -0.3 is 5.11 Å². The summed E-state index contributed by atoms with van der Waals surface area (Å²) in [4.78, 5) is 9.70. The molecular formula is C11H14O2Y-2. The zero-order chi connectivity index (χ0) is 9.94. The van der Waals surface area contributed by atoms with Crippen LogP contribution in [0.5, 0.6) is 0 Å². The van der Waals surface area contributed by atoms with Crippen molar-refractivity contribution in [3.8, 4) is 0 Å². The number of carboxylic acid groups (broad SMARTS) is 1. The van der Waals surface area contributed by atoms with Crippen molar-refractivity contribution < 1.29 is 42.6 Å². The van der Waals surface area contributed by atoms with E-state index in [1.54, 1.807) is 0 Å². The summed E-state index contributed by atoms with van der Waals surface area (Å²) in [5.41, 5.74) is 0. The first-order valence-electron chi connectivity index (χ1n) is 4.24. The van der Waals surface area contributed by atoms with Crippen LogP contribution in [0.1, 0.15) is 19.8 Å². The largest absolute Gasteiger partial charge is 0.503 e. The Labute approximate surface area is 111 Å². The van der Waals surface area contributed by atoms with Crippen LogP contribution in [0, 0.1) is 12.5 Å². The second-order valence-corrected chi connectivity index (χ2v) is 2.41. The first-order valence-corrected chi connectivity index (χ1v) is 4.24. The van der Waals surface area contributed by atoms with Gasteiger partial charge in [0.25, 0.3) is 0 Å². The third-order valence-electron chi connectivity index (χ3n) is 1.21. The number of rotatable bonds is 3. The average Bonchev–Trinajstić information content (AvgIpc) is 2.18. The predicted octanol–water partition coefficient (Wildman–Crippen LogP) is 2.56. The van der Waals surface area contributed by atoms with Crippen molar-refractivity contribution in [2.75, 3.05) is 0 Å². The third kappa shape index (κ3) is 14.2. The summed E-state index contributed by atoms with van der Waals surface area (Å²) in [6.07, 6.45) is 2.85. The molecule has 1 aromatic rings. The number of carboxylic acids is 1. The SMILES string of the molecule is CCC[CH-]C(=O)O.[Y].[c-]1ccccc1. The molecule has 3 heteroatoms. The van der Waals surface area contributed by atoms with Crippen molar-refractivity contribution >= 4 is 5.97 Å². The van der Waals surface area contributed by atoms with Crippen LogP contribution >= 0.6 is 0 Å². The molecule has 0 spiro atoms. The van der Waals surface area contributed by atoms with Gasteiger partial charge in [0, 0.05) is 32.7 Å². The molecule has 1 radical (unpaired) electrons. The van der Waals surface area contributed by atoms with Gasteiger partial charge in [-0.1, -0.05) is 13.3 Å². The quantitative estimate of drug-likeness (QED) is 0.854. The summed E-state index contributed by atoms with van der Waals surface area (Å²) in [5.74, 6) is -0.818. The van der Waals surface area contributed by atoms with Gasteiger partial charge in [-0.2, -0.15) is 42.8 Å². The Kier molecular flexibility index (Phi) is 14.6. The molecule has 0 saturated heterocycles. The fraction of sp³-hybridized carbons (Fsp3) is 0.273. The zero-order valence-electron chi connectivity index (χ0n) is 8.31. The van der Waals surface area contributed by atoms with Crippen LogP contribution in [0.3, 0.4) is 0 Å². The van der Waals surface area contributed by atoms with Gasteiger partial charge in [0.05, 0.1) is 0 Å². The maximum atomic E-state index is 9.70. The summed E-state index contributed by atoms with van der Waals surface area (Å²) in [7, 11) is 0. The van der Waals surface area contributed by atoms with Crippen LogP contribution in [0.4, 0.5) is 0 Å². The van der Waals surface area contributed by atoms with E-state index in [4.69, 9.17) is 5.11 Å². The Hall–Kier alpha value is -0.336. The molecule has 0 saturated carbocycles. The topological polar surface area (TPSA) is 37.3 Å². The summed E-state index contributed by atoms with van der Waals surface area (Å²) < 4.78 is 0. The molecule has 0 aliphatic rings. The van der Waals surface area contributed by atoms with Crippen molar-refractivity contribution in [3.05, 3.63) is 42.8 Å². The van der Waals surface area contributed by atoms with Crippen molar-refractivity contribution in [2.24, 2.45) is 0 Å². The zero-order valence-corrected chi connectivity index (χ0v) is 11.1. The van der Waals surface area contributed by atoms with Crippen molar-refractivity contribution in [3.63, 3.8) is 0 Å². The Balaban J connectivity index is 0. The van der Waals surface area contributed by atoms with Crippen molar-refractivity contribution in [1.29, 1.82) is 0 Å². The minimum Gasteiger partial charge on any atom is -0.503 e. The molecule has 0 amide bonds. The van der Waals surface area contributed by atoms with E-state index in [0.29, 0.717) is 6.42 Å². The third-order valence-corrected chi connectivity index (χ3v) is 1.21. The van der Waals surface area contributed by atoms with Crippen molar-refractivity contribution in [2.45, 2.75) is 19.8 Å². The molecular weight excluding hydrogens is 253 g/mol. The van der Waals surface area contributed by atoms with Gasteiger partial charge in [-0.3, -0.25) is 11.2 Å². The van der Waals surface area contributed by atoms with Crippen LogP contribution < -0.4 is 0 Å². The second kappa shape index (κ2) is 12.7. The summed E-state index contributed by atoms with van der Waals surface area (Å²) >= 11 is 0. The molecule has 1 N–H and O–H groups in total. The number of unbranched alkanes of at least 4 members (excludes halogenated alkanes) is 1. The fourth-order valence-corrected chi connectivity index (χ4v) is 0.610. The number of hydrogen-bond acceptors (Lipinski definition) is 1. The van der Waals surface area contributed by atoms with E-state index in [9.17, 15) is 4.79 Å². The molecule has 0 heterocycles. The normalized spacial score (nSPS) is 7.50.